The van der Waals surface area contributed by atoms with Crippen LogP contribution < -0.4 is 10.1 Å². The van der Waals surface area contributed by atoms with Crippen molar-refractivity contribution < 1.29 is 9.84 Å². The van der Waals surface area contributed by atoms with Gasteiger partial charge in [0, 0.05) is 17.7 Å². The fourth-order valence-electron chi connectivity index (χ4n) is 2.50. The first-order valence-corrected chi connectivity index (χ1v) is 5.99. The average Bonchev–Trinajstić information content (AvgIpc) is 2.92. The van der Waals surface area contributed by atoms with Crippen LogP contribution in [0.2, 0.25) is 0 Å². The first-order chi connectivity index (χ1) is 7.78. The lowest BCUT2D eigenvalue weighted by molar-refractivity contribution is 0.307. The topological polar surface area (TPSA) is 41.5 Å². The van der Waals surface area contributed by atoms with Crippen LogP contribution in [-0.4, -0.2) is 17.8 Å². The molecule has 1 aliphatic carbocycles. The van der Waals surface area contributed by atoms with Crippen LogP contribution in [-0.2, 0) is 0 Å². The lowest BCUT2D eigenvalue weighted by Crippen LogP contribution is -2.25. The summed E-state index contributed by atoms with van der Waals surface area (Å²) in [6.45, 7) is 2.93. The molecule has 1 aromatic rings. The van der Waals surface area contributed by atoms with E-state index in [0.29, 0.717) is 18.7 Å². The van der Waals surface area contributed by atoms with Gasteiger partial charge in [-0.25, -0.2) is 0 Å². The van der Waals surface area contributed by atoms with Crippen molar-refractivity contribution in [3.63, 3.8) is 0 Å². The minimum absolute atomic E-state index is 0.275. The van der Waals surface area contributed by atoms with Crippen LogP contribution >= 0.6 is 0 Å². The molecular weight excluding hydrogens is 202 g/mol. The van der Waals surface area contributed by atoms with Crippen molar-refractivity contribution in [2.24, 2.45) is 5.92 Å². The van der Waals surface area contributed by atoms with E-state index in [-0.39, 0.29) is 5.75 Å². The van der Waals surface area contributed by atoms with Crippen LogP contribution in [0.1, 0.15) is 31.4 Å². The van der Waals surface area contributed by atoms with Gasteiger partial charge in [-0.05, 0) is 24.5 Å². The first kappa shape index (κ1) is 9.97. The fraction of sp³-hybridized carbons (Fsp3) is 0.538. The van der Waals surface area contributed by atoms with Gasteiger partial charge < -0.3 is 15.2 Å². The van der Waals surface area contributed by atoms with Gasteiger partial charge in [-0.3, -0.25) is 0 Å². The Morgan fingerprint density at radius 2 is 2.38 bits per heavy atom. The van der Waals surface area contributed by atoms with E-state index in [1.165, 1.54) is 18.4 Å². The van der Waals surface area contributed by atoms with E-state index in [1.54, 1.807) is 12.1 Å². The second kappa shape index (κ2) is 3.67. The number of phenolic OH excluding ortho intramolecular Hbond substituents is 1. The van der Waals surface area contributed by atoms with Crippen LogP contribution in [0.5, 0.6) is 11.5 Å². The van der Waals surface area contributed by atoms with Gasteiger partial charge in [-0.2, -0.15) is 0 Å². The quantitative estimate of drug-likeness (QED) is 0.819. The molecule has 0 radical (unpaired) electrons. The zero-order valence-corrected chi connectivity index (χ0v) is 9.44. The molecule has 0 saturated heterocycles. The molecule has 3 atom stereocenters. The smallest absolute Gasteiger partial charge is 0.127 e. The Bertz CT molecular complexity index is 405. The van der Waals surface area contributed by atoms with Crippen molar-refractivity contribution in [2.45, 2.75) is 31.8 Å². The third kappa shape index (κ3) is 1.65. The number of fused-ring (bicyclic) bond motifs is 1. The Balaban J connectivity index is 1.72. The monoisotopic (exact) mass is 219 g/mol. The number of hydrogen-bond donors (Lipinski definition) is 2. The molecule has 0 bridgehead atoms. The van der Waals surface area contributed by atoms with Gasteiger partial charge in [0.2, 0.25) is 0 Å². The summed E-state index contributed by atoms with van der Waals surface area (Å²) in [6, 6.07) is 6.35. The maximum Gasteiger partial charge on any atom is 0.127 e. The lowest BCUT2D eigenvalue weighted by Gasteiger charge is -2.11. The van der Waals surface area contributed by atoms with Crippen molar-refractivity contribution in [1.82, 2.24) is 5.32 Å². The Labute approximate surface area is 95.4 Å². The van der Waals surface area contributed by atoms with E-state index in [0.717, 1.165) is 11.7 Å². The highest BCUT2D eigenvalue weighted by molar-refractivity contribution is 5.44. The van der Waals surface area contributed by atoms with Crippen LogP contribution in [0.15, 0.2) is 18.2 Å². The molecule has 0 spiro atoms. The van der Waals surface area contributed by atoms with Crippen LogP contribution in [0.4, 0.5) is 0 Å². The van der Waals surface area contributed by atoms with Crippen LogP contribution in [0.25, 0.3) is 0 Å². The molecule has 0 aromatic heterocycles. The molecule has 3 unspecified atom stereocenters. The molecule has 0 amide bonds. The third-order valence-electron chi connectivity index (χ3n) is 3.64. The number of hydrogen-bond acceptors (Lipinski definition) is 3. The molecule has 3 rings (SSSR count). The molecule has 1 heterocycles. The van der Waals surface area contributed by atoms with Gasteiger partial charge in [-0.15, -0.1) is 0 Å². The summed E-state index contributed by atoms with van der Waals surface area (Å²) in [4.78, 5) is 0. The minimum Gasteiger partial charge on any atom is -0.508 e. The van der Waals surface area contributed by atoms with E-state index in [1.807, 2.05) is 6.07 Å². The predicted octanol–water partition coefficient (Wildman–Crippen LogP) is 2.21. The number of rotatable bonds is 3. The molecule has 3 nitrogen and oxygen atoms in total. The Morgan fingerprint density at radius 1 is 1.50 bits per heavy atom. The van der Waals surface area contributed by atoms with Crippen LogP contribution in [0, 0.1) is 5.92 Å². The number of nitrogens with one attached hydrogen (secondary N) is 1. The van der Waals surface area contributed by atoms with Crippen molar-refractivity contribution in [3.05, 3.63) is 23.8 Å². The number of ether oxygens (including phenoxy) is 1. The van der Waals surface area contributed by atoms with E-state index in [4.69, 9.17) is 4.74 Å². The normalized spacial score (nSPS) is 30.9. The fourth-order valence-corrected chi connectivity index (χ4v) is 2.50. The number of phenols is 1. The lowest BCUT2D eigenvalue weighted by atomic mass is 10.1. The van der Waals surface area contributed by atoms with Gasteiger partial charge in [0.1, 0.15) is 18.1 Å². The number of aromatic hydroxyl groups is 1. The first-order valence-electron chi connectivity index (χ1n) is 5.99. The van der Waals surface area contributed by atoms with E-state index < -0.39 is 0 Å². The van der Waals surface area contributed by atoms with Crippen molar-refractivity contribution >= 4 is 0 Å². The molecule has 16 heavy (non-hydrogen) atoms. The summed E-state index contributed by atoms with van der Waals surface area (Å²) >= 11 is 0. The minimum atomic E-state index is 0.275. The highest BCUT2D eigenvalue weighted by atomic mass is 16.5. The average molecular weight is 219 g/mol. The van der Waals surface area contributed by atoms with Gasteiger partial charge in [0.25, 0.3) is 0 Å². The SMILES string of the molecule is CCC1CC1NC1COc2cc(O)ccc21. The van der Waals surface area contributed by atoms with E-state index in [9.17, 15) is 5.11 Å². The standard InChI is InChI=1S/C13H17NO2/c1-2-8-5-11(8)14-12-7-16-13-6-9(15)3-4-10(12)13/h3-4,6,8,11-12,14-15H,2,5,7H2,1H3. The summed E-state index contributed by atoms with van der Waals surface area (Å²) < 4.78 is 5.57. The van der Waals surface area contributed by atoms with E-state index >= 15 is 0 Å². The molecule has 1 aliphatic heterocycles. The van der Waals surface area contributed by atoms with Crippen molar-refractivity contribution in [3.8, 4) is 11.5 Å². The summed E-state index contributed by atoms with van der Waals surface area (Å²) in [7, 11) is 0. The van der Waals surface area contributed by atoms with E-state index in [2.05, 4.69) is 12.2 Å². The summed E-state index contributed by atoms with van der Waals surface area (Å²) in [5, 5.41) is 13.0. The van der Waals surface area contributed by atoms with Gasteiger partial charge in [-0.1, -0.05) is 13.3 Å². The second-order valence-electron chi connectivity index (χ2n) is 4.76. The molecule has 1 aromatic carbocycles. The molecule has 86 valence electrons. The maximum atomic E-state index is 9.36. The van der Waals surface area contributed by atoms with Gasteiger partial charge >= 0.3 is 0 Å². The van der Waals surface area contributed by atoms with Crippen LogP contribution in [0.3, 0.4) is 0 Å². The second-order valence-corrected chi connectivity index (χ2v) is 4.76. The molecule has 1 fully saturated rings. The highest BCUT2D eigenvalue weighted by Crippen LogP contribution is 2.39. The highest BCUT2D eigenvalue weighted by Gasteiger charge is 2.38. The Hall–Kier alpha value is -1.22. The zero-order valence-electron chi connectivity index (χ0n) is 9.44. The summed E-state index contributed by atoms with van der Waals surface area (Å²) in [5.41, 5.74) is 1.18. The summed E-state index contributed by atoms with van der Waals surface area (Å²) in [5.74, 6) is 1.95. The molecule has 1 saturated carbocycles. The number of benzene rings is 1. The third-order valence-corrected chi connectivity index (χ3v) is 3.64. The molecule has 2 N–H and O–H groups in total. The van der Waals surface area contributed by atoms with Gasteiger partial charge in [0.05, 0.1) is 6.04 Å². The predicted molar refractivity (Wildman–Crippen MR) is 61.7 cm³/mol. The Morgan fingerprint density at radius 3 is 3.12 bits per heavy atom. The van der Waals surface area contributed by atoms with Crippen molar-refractivity contribution in [2.75, 3.05) is 6.61 Å². The van der Waals surface area contributed by atoms with Gasteiger partial charge in [0.15, 0.2) is 0 Å². The molecular formula is C13H17NO2. The molecule has 3 heteroatoms. The Kier molecular flexibility index (Phi) is 2.28. The zero-order chi connectivity index (χ0) is 11.1. The maximum absolute atomic E-state index is 9.36. The summed E-state index contributed by atoms with van der Waals surface area (Å²) in [6.07, 6.45) is 2.55. The van der Waals surface area contributed by atoms with Crippen molar-refractivity contribution in [1.29, 1.82) is 0 Å². The molecule has 2 aliphatic rings. The largest absolute Gasteiger partial charge is 0.508 e.